The van der Waals surface area contributed by atoms with Gasteiger partial charge in [0.15, 0.2) is 4.21 Å². The molecular formula is C14H17N3O2S2. The molecule has 21 heavy (non-hydrogen) atoms. The van der Waals surface area contributed by atoms with E-state index in [2.05, 4.69) is 27.2 Å². The Morgan fingerprint density at radius 1 is 1.29 bits per heavy atom. The summed E-state index contributed by atoms with van der Waals surface area (Å²) in [5.74, 6) is 0. The van der Waals surface area contributed by atoms with E-state index in [4.69, 9.17) is 0 Å². The Morgan fingerprint density at radius 3 is 2.76 bits per heavy atom. The van der Waals surface area contributed by atoms with Gasteiger partial charge in [-0.15, -0.1) is 11.3 Å². The van der Waals surface area contributed by atoms with E-state index in [1.807, 2.05) is 13.0 Å². The fourth-order valence-corrected chi connectivity index (χ4v) is 5.01. The molecule has 2 aromatic rings. The van der Waals surface area contributed by atoms with Crippen molar-refractivity contribution in [1.29, 1.82) is 0 Å². The van der Waals surface area contributed by atoms with Gasteiger partial charge in [-0.2, -0.15) is 0 Å². The first-order valence-corrected chi connectivity index (χ1v) is 9.01. The van der Waals surface area contributed by atoms with Crippen molar-refractivity contribution in [3.63, 3.8) is 0 Å². The summed E-state index contributed by atoms with van der Waals surface area (Å²) in [6.07, 6.45) is 0. The van der Waals surface area contributed by atoms with E-state index in [1.54, 1.807) is 6.92 Å². The number of nitrogens with one attached hydrogen (secondary N) is 2. The lowest BCUT2D eigenvalue weighted by atomic mass is 10.1. The van der Waals surface area contributed by atoms with E-state index in [1.165, 1.54) is 22.5 Å². The minimum Gasteiger partial charge on any atom is -0.309 e. The third kappa shape index (κ3) is 3.01. The maximum Gasteiger partial charge on any atom is 0.252 e. The van der Waals surface area contributed by atoms with Crippen LogP contribution < -0.4 is 10.0 Å². The van der Waals surface area contributed by atoms with Crippen molar-refractivity contribution in [3.8, 4) is 0 Å². The van der Waals surface area contributed by atoms with E-state index in [0.717, 1.165) is 23.7 Å². The number of hydrogen-bond acceptors (Lipinski definition) is 5. The average molecular weight is 323 g/mol. The second kappa shape index (κ2) is 5.49. The van der Waals surface area contributed by atoms with Crippen molar-refractivity contribution < 1.29 is 8.42 Å². The Balaban J connectivity index is 1.76. The van der Waals surface area contributed by atoms with Gasteiger partial charge in [-0.3, -0.25) is 0 Å². The van der Waals surface area contributed by atoms with Crippen LogP contribution in [0.4, 0.5) is 0 Å². The fraction of sp³-hybridized carbons (Fsp3) is 0.357. The van der Waals surface area contributed by atoms with E-state index in [-0.39, 0.29) is 0 Å². The van der Waals surface area contributed by atoms with Crippen LogP contribution >= 0.6 is 11.3 Å². The van der Waals surface area contributed by atoms with E-state index < -0.39 is 10.0 Å². The minimum absolute atomic E-state index is 0.298. The highest BCUT2D eigenvalue weighted by Crippen LogP contribution is 2.23. The van der Waals surface area contributed by atoms with Crippen LogP contribution in [0.3, 0.4) is 0 Å². The van der Waals surface area contributed by atoms with Crippen LogP contribution in [0, 0.1) is 13.8 Å². The van der Waals surface area contributed by atoms with Crippen molar-refractivity contribution in [1.82, 2.24) is 15.0 Å². The first kappa shape index (κ1) is 14.6. The van der Waals surface area contributed by atoms with Crippen molar-refractivity contribution in [2.45, 2.75) is 37.7 Å². The summed E-state index contributed by atoms with van der Waals surface area (Å²) >= 11 is 1.20. The van der Waals surface area contributed by atoms with Gasteiger partial charge in [-0.25, -0.2) is 18.1 Å². The zero-order valence-corrected chi connectivity index (χ0v) is 13.6. The molecule has 2 N–H and O–H groups in total. The molecule has 1 aliphatic rings. The summed E-state index contributed by atoms with van der Waals surface area (Å²) in [5, 5.41) is 4.04. The summed E-state index contributed by atoms with van der Waals surface area (Å²) in [4.78, 5) is 4.17. The van der Waals surface area contributed by atoms with Crippen LogP contribution in [0.25, 0.3) is 0 Å². The predicted molar refractivity (Wildman–Crippen MR) is 82.6 cm³/mol. The number of sulfonamides is 1. The first-order chi connectivity index (χ1) is 9.95. The van der Waals surface area contributed by atoms with E-state index in [9.17, 15) is 8.42 Å². The molecule has 112 valence electrons. The van der Waals surface area contributed by atoms with Crippen molar-refractivity contribution in [2.24, 2.45) is 0 Å². The van der Waals surface area contributed by atoms with Gasteiger partial charge < -0.3 is 5.32 Å². The lowest BCUT2D eigenvalue weighted by Crippen LogP contribution is -2.23. The van der Waals surface area contributed by atoms with Crippen molar-refractivity contribution in [3.05, 3.63) is 45.6 Å². The van der Waals surface area contributed by atoms with Crippen LogP contribution in [0.15, 0.2) is 22.4 Å². The molecule has 7 heteroatoms. The number of thiazole rings is 1. The number of rotatable bonds is 4. The number of benzene rings is 1. The Kier molecular flexibility index (Phi) is 3.83. The molecule has 0 amide bonds. The monoisotopic (exact) mass is 323 g/mol. The smallest absolute Gasteiger partial charge is 0.252 e. The van der Waals surface area contributed by atoms with Gasteiger partial charge >= 0.3 is 0 Å². The van der Waals surface area contributed by atoms with Gasteiger partial charge in [0.2, 0.25) is 0 Å². The number of hydrogen-bond donors (Lipinski definition) is 2. The molecule has 0 saturated heterocycles. The highest BCUT2D eigenvalue weighted by atomic mass is 32.2. The van der Waals surface area contributed by atoms with E-state index >= 15 is 0 Å². The maximum absolute atomic E-state index is 12.3. The Hall–Kier alpha value is -1.28. The number of aryl methyl sites for hydroxylation is 2. The molecule has 1 aromatic heterocycles. The second-order valence-electron chi connectivity index (χ2n) is 5.14. The summed E-state index contributed by atoms with van der Waals surface area (Å²) < 4.78 is 27.6. The highest BCUT2D eigenvalue weighted by Gasteiger charge is 2.20. The molecule has 0 unspecified atom stereocenters. The molecule has 0 saturated carbocycles. The third-order valence-electron chi connectivity index (χ3n) is 3.47. The lowest BCUT2D eigenvalue weighted by Gasteiger charge is -2.07. The number of fused-ring (bicyclic) bond motifs is 1. The standard InChI is InChI=1S/C14H17N3O2S2/c1-9-14(20-10(2)17-9)21(18,19)16-6-11-3-4-12-7-15-8-13(12)5-11/h3-5,15-16H,6-8H2,1-2H3. The molecule has 0 spiro atoms. The maximum atomic E-state index is 12.3. The van der Waals surface area contributed by atoms with Crippen LogP contribution in [0.5, 0.6) is 0 Å². The van der Waals surface area contributed by atoms with Crippen LogP contribution in [-0.4, -0.2) is 13.4 Å². The van der Waals surface area contributed by atoms with Crippen molar-refractivity contribution >= 4 is 21.4 Å². The Labute approximate surface area is 128 Å². The van der Waals surface area contributed by atoms with Gasteiger partial charge in [0.05, 0.1) is 10.7 Å². The molecule has 0 radical (unpaired) electrons. The Morgan fingerprint density at radius 2 is 2.05 bits per heavy atom. The number of nitrogens with zero attached hydrogens (tertiary/aromatic N) is 1. The zero-order valence-electron chi connectivity index (χ0n) is 11.9. The van der Waals surface area contributed by atoms with Gasteiger partial charge in [-0.05, 0) is 30.5 Å². The van der Waals surface area contributed by atoms with Gasteiger partial charge in [0.25, 0.3) is 10.0 Å². The second-order valence-corrected chi connectivity index (χ2v) is 8.30. The quantitative estimate of drug-likeness (QED) is 0.901. The summed E-state index contributed by atoms with van der Waals surface area (Å²) in [6, 6.07) is 6.09. The molecule has 2 heterocycles. The van der Waals surface area contributed by atoms with Gasteiger partial charge in [0, 0.05) is 19.6 Å². The van der Waals surface area contributed by atoms with Gasteiger partial charge in [0.1, 0.15) is 0 Å². The summed E-state index contributed by atoms with van der Waals surface area (Å²) in [5.41, 5.74) is 4.06. The largest absolute Gasteiger partial charge is 0.309 e. The van der Waals surface area contributed by atoms with Crippen LogP contribution in [0.2, 0.25) is 0 Å². The van der Waals surface area contributed by atoms with Crippen LogP contribution in [-0.2, 0) is 29.7 Å². The molecule has 1 aliphatic heterocycles. The fourth-order valence-electron chi connectivity index (χ4n) is 2.46. The predicted octanol–water partition coefficient (Wildman–Crippen LogP) is 1.84. The summed E-state index contributed by atoms with van der Waals surface area (Å²) in [7, 11) is -3.49. The third-order valence-corrected chi connectivity index (χ3v) is 6.56. The van der Waals surface area contributed by atoms with Crippen molar-refractivity contribution in [2.75, 3.05) is 0 Å². The molecule has 1 aromatic carbocycles. The molecule has 0 fully saturated rings. The molecular weight excluding hydrogens is 306 g/mol. The molecule has 3 rings (SSSR count). The molecule has 0 atom stereocenters. The topological polar surface area (TPSA) is 71.1 Å². The molecule has 0 aliphatic carbocycles. The zero-order chi connectivity index (χ0) is 15.0. The number of aromatic nitrogens is 1. The average Bonchev–Trinajstić information content (AvgIpc) is 3.02. The summed E-state index contributed by atoms with van der Waals surface area (Å²) in [6.45, 7) is 5.57. The SMILES string of the molecule is Cc1nc(C)c(S(=O)(=O)NCc2ccc3c(c2)CNC3)s1. The normalized spacial score (nSPS) is 14.4. The highest BCUT2D eigenvalue weighted by molar-refractivity contribution is 7.91. The van der Waals surface area contributed by atoms with Gasteiger partial charge in [-0.1, -0.05) is 18.2 Å². The lowest BCUT2D eigenvalue weighted by molar-refractivity contribution is 0.582. The Bertz CT molecular complexity index is 782. The first-order valence-electron chi connectivity index (χ1n) is 6.71. The van der Waals surface area contributed by atoms with E-state index in [0.29, 0.717) is 16.4 Å². The van der Waals surface area contributed by atoms with Crippen LogP contribution in [0.1, 0.15) is 27.4 Å². The molecule has 0 bridgehead atoms. The molecule has 5 nitrogen and oxygen atoms in total. The minimum atomic E-state index is -3.49.